The SMILES string of the molecule is CNc1c(N)cccc1CN1CCC(NC(=O)OC(C)(C)C)CC1. The van der Waals surface area contributed by atoms with Gasteiger partial charge in [-0.25, -0.2) is 4.79 Å². The van der Waals surface area contributed by atoms with Crippen molar-refractivity contribution in [3.63, 3.8) is 0 Å². The number of hydrogen-bond donors (Lipinski definition) is 3. The summed E-state index contributed by atoms with van der Waals surface area (Å²) in [5.41, 5.74) is 8.55. The molecule has 134 valence electrons. The second-order valence-electron chi connectivity index (χ2n) is 7.33. The second-order valence-corrected chi connectivity index (χ2v) is 7.33. The Kier molecular flexibility index (Phi) is 5.94. The van der Waals surface area contributed by atoms with Crippen LogP contribution < -0.4 is 16.4 Å². The summed E-state index contributed by atoms with van der Waals surface area (Å²) in [4.78, 5) is 14.2. The Morgan fingerprint density at radius 2 is 2.00 bits per heavy atom. The van der Waals surface area contributed by atoms with Gasteiger partial charge in [0.1, 0.15) is 5.60 Å². The quantitative estimate of drug-likeness (QED) is 0.738. The number of ether oxygens (including phenoxy) is 1. The zero-order chi connectivity index (χ0) is 17.7. The minimum atomic E-state index is -0.457. The summed E-state index contributed by atoms with van der Waals surface area (Å²) >= 11 is 0. The minimum Gasteiger partial charge on any atom is -0.444 e. The lowest BCUT2D eigenvalue weighted by atomic mass is 10.0. The summed E-state index contributed by atoms with van der Waals surface area (Å²) in [6, 6.07) is 6.18. The number of carbonyl (C=O) groups is 1. The molecule has 1 heterocycles. The van der Waals surface area contributed by atoms with Crippen LogP contribution in [-0.4, -0.2) is 42.8 Å². The van der Waals surface area contributed by atoms with Gasteiger partial charge in [0.25, 0.3) is 0 Å². The number of carbonyl (C=O) groups excluding carboxylic acids is 1. The number of nitrogens with one attached hydrogen (secondary N) is 2. The van der Waals surface area contributed by atoms with Gasteiger partial charge in [0.2, 0.25) is 0 Å². The fourth-order valence-corrected chi connectivity index (χ4v) is 3.01. The third kappa shape index (κ3) is 5.30. The van der Waals surface area contributed by atoms with Crippen molar-refractivity contribution in [2.24, 2.45) is 0 Å². The number of para-hydroxylation sites is 1. The Labute approximate surface area is 144 Å². The van der Waals surface area contributed by atoms with Gasteiger partial charge in [0.05, 0.1) is 11.4 Å². The van der Waals surface area contributed by atoms with Crippen LogP contribution in [0.25, 0.3) is 0 Å². The molecule has 1 aliphatic heterocycles. The first-order chi connectivity index (χ1) is 11.3. The number of nitrogens with zero attached hydrogens (tertiary/aromatic N) is 1. The number of nitrogen functional groups attached to an aromatic ring is 1. The highest BCUT2D eigenvalue weighted by atomic mass is 16.6. The standard InChI is InChI=1S/C18H30N4O2/c1-18(2,3)24-17(23)21-14-8-10-22(11-9-14)12-13-6-5-7-15(19)16(13)20-4/h5-7,14,20H,8-12,19H2,1-4H3,(H,21,23). The Bertz CT molecular complexity index is 561. The highest BCUT2D eigenvalue weighted by molar-refractivity contribution is 5.70. The summed E-state index contributed by atoms with van der Waals surface area (Å²) in [5, 5.41) is 6.16. The number of alkyl carbamates (subject to hydrolysis) is 1. The summed E-state index contributed by atoms with van der Waals surface area (Å²) in [7, 11) is 1.90. The Morgan fingerprint density at radius 1 is 1.33 bits per heavy atom. The molecule has 6 heteroatoms. The van der Waals surface area contributed by atoms with E-state index in [2.05, 4.69) is 21.6 Å². The van der Waals surface area contributed by atoms with Crippen molar-refractivity contribution in [3.05, 3.63) is 23.8 Å². The molecule has 24 heavy (non-hydrogen) atoms. The summed E-state index contributed by atoms with van der Waals surface area (Å²) in [5.74, 6) is 0. The maximum atomic E-state index is 11.9. The molecule has 1 aromatic carbocycles. The van der Waals surface area contributed by atoms with Crippen molar-refractivity contribution in [2.45, 2.75) is 51.8 Å². The van der Waals surface area contributed by atoms with Crippen molar-refractivity contribution >= 4 is 17.5 Å². The molecule has 1 fully saturated rings. The summed E-state index contributed by atoms with van der Waals surface area (Å²) in [6.45, 7) is 8.37. The number of hydrogen-bond acceptors (Lipinski definition) is 5. The lowest BCUT2D eigenvalue weighted by Gasteiger charge is -2.33. The summed E-state index contributed by atoms with van der Waals surface area (Å²) < 4.78 is 5.32. The molecule has 1 aliphatic rings. The van der Waals surface area contributed by atoms with Crippen LogP contribution in [0.15, 0.2) is 18.2 Å². The third-order valence-corrected chi connectivity index (χ3v) is 4.14. The second kappa shape index (κ2) is 7.75. The van der Waals surface area contributed by atoms with Gasteiger partial charge < -0.3 is 21.1 Å². The Morgan fingerprint density at radius 3 is 2.58 bits per heavy atom. The number of benzene rings is 1. The molecule has 1 aromatic rings. The van der Waals surface area contributed by atoms with Gasteiger partial charge in [0, 0.05) is 32.7 Å². The van der Waals surface area contributed by atoms with Crippen LogP contribution in [0.3, 0.4) is 0 Å². The van der Waals surface area contributed by atoms with Gasteiger partial charge in [-0.05, 0) is 45.2 Å². The van der Waals surface area contributed by atoms with Crippen molar-refractivity contribution in [1.82, 2.24) is 10.2 Å². The van der Waals surface area contributed by atoms with Crippen LogP contribution in [0.1, 0.15) is 39.2 Å². The topological polar surface area (TPSA) is 79.6 Å². The van der Waals surface area contributed by atoms with E-state index in [-0.39, 0.29) is 12.1 Å². The molecule has 0 aromatic heterocycles. The van der Waals surface area contributed by atoms with Crippen LogP contribution in [0, 0.1) is 0 Å². The van der Waals surface area contributed by atoms with E-state index in [1.807, 2.05) is 40.0 Å². The number of likely N-dealkylation sites (tertiary alicyclic amines) is 1. The van der Waals surface area contributed by atoms with E-state index in [0.29, 0.717) is 0 Å². The molecule has 1 saturated heterocycles. The van der Waals surface area contributed by atoms with Crippen molar-refractivity contribution in [3.8, 4) is 0 Å². The zero-order valence-corrected chi connectivity index (χ0v) is 15.2. The fourth-order valence-electron chi connectivity index (χ4n) is 3.01. The van der Waals surface area contributed by atoms with Crippen LogP contribution in [0.4, 0.5) is 16.2 Å². The zero-order valence-electron chi connectivity index (χ0n) is 15.2. The Hall–Kier alpha value is -1.95. The van der Waals surface area contributed by atoms with E-state index in [0.717, 1.165) is 43.9 Å². The van der Waals surface area contributed by atoms with Gasteiger partial charge in [-0.3, -0.25) is 4.90 Å². The highest BCUT2D eigenvalue weighted by Crippen LogP contribution is 2.25. The number of piperidine rings is 1. The first-order valence-corrected chi connectivity index (χ1v) is 8.55. The fraction of sp³-hybridized carbons (Fsp3) is 0.611. The van der Waals surface area contributed by atoms with Crippen LogP contribution in [0.5, 0.6) is 0 Å². The smallest absolute Gasteiger partial charge is 0.407 e. The average molecular weight is 334 g/mol. The maximum Gasteiger partial charge on any atom is 0.407 e. The maximum absolute atomic E-state index is 11.9. The lowest BCUT2D eigenvalue weighted by molar-refractivity contribution is 0.0477. The van der Waals surface area contributed by atoms with Gasteiger partial charge in [-0.2, -0.15) is 0 Å². The molecule has 0 bridgehead atoms. The van der Waals surface area contributed by atoms with Crippen molar-refractivity contribution < 1.29 is 9.53 Å². The monoisotopic (exact) mass is 334 g/mol. The van der Waals surface area contributed by atoms with Crippen LogP contribution in [0.2, 0.25) is 0 Å². The normalized spacial score (nSPS) is 16.7. The van der Waals surface area contributed by atoms with Crippen LogP contribution in [-0.2, 0) is 11.3 Å². The molecule has 0 aliphatic carbocycles. The van der Waals surface area contributed by atoms with Gasteiger partial charge in [0.15, 0.2) is 0 Å². The predicted octanol–water partition coefficient (Wildman–Crippen LogP) is 2.80. The van der Waals surface area contributed by atoms with Crippen molar-refractivity contribution in [1.29, 1.82) is 0 Å². The summed E-state index contributed by atoms with van der Waals surface area (Å²) in [6.07, 6.45) is 1.53. The molecule has 0 saturated carbocycles. The predicted molar refractivity (Wildman–Crippen MR) is 98.1 cm³/mol. The van der Waals surface area contributed by atoms with E-state index in [9.17, 15) is 4.79 Å². The number of rotatable bonds is 4. The molecule has 0 atom stereocenters. The van der Waals surface area contributed by atoms with Gasteiger partial charge >= 0.3 is 6.09 Å². The Balaban J connectivity index is 1.83. The first-order valence-electron chi connectivity index (χ1n) is 8.55. The van der Waals surface area contributed by atoms with E-state index >= 15 is 0 Å². The number of amides is 1. The average Bonchev–Trinajstić information content (AvgIpc) is 2.47. The molecule has 0 spiro atoms. The van der Waals surface area contributed by atoms with E-state index < -0.39 is 5.60 Å². The third-order valence-electron chi connectivity index (χ3n) is 4.14. The minimum absolute atomic E-state index is 0.181. The molecule has 0 radical (unpaired) electrons. The van der Waals surface area contributed by atoms with Gasteiger partial charge in [-0.15, -0.1) is 0 Å². The number of nitrogens with two attached hydrogens (primary N) is 1. The largest absolute Gasteiger partial charge is 0.444 e. The molecular weight excluding hydrogens is 304 g/mol. The van der Waals surface area contributed by atoms with E-state index in [1.165, 1.54) is 5.56 Å². The van der Waals surface area contributed by atoms with E-state index in [1.54, 1.807) is 0 Å². The van der Waals surface area contributed by atoms with Gasteiger partial charge in [-0.1, -0.05) is 12.1 Å². The molecule has 4 N–H and O–H groups in total. The highest BCUT2D eigenvalue weighted by Gasteiger charge is 2.24. The molecule has 0 unspecified atom stereocenters. The molecule has 1 amide bonds. The number of anilines is 2. The molecular formula is C18H30N4O2. The molecule has 2 rings (SSSR count). The first kappa shape index (κ1) is 18.4. The van der Waals surface area contributed by atoms with E-state index in [4.69, 9.17) is 10.5 Å². The molecule has 6 nitrogen and oxygen atoms in total. The van der Waals surface area contributed by atoms with Crippen molar-refractivity contribution in [2.75, 3.05) is 31.2 Å². The lowest BCUT2D eigenvalue weighted by Crippen LogP contribution is -2.45. The van der Waals surface area contributed by atoms with Crippen LogP contribution >= 0.6 is 0 Å².